The molecule has 1 aliphatic carbocycles. The zero-order valence-electron chi connectivity index (χ0n) is 9.97. The Balaban J connectivity index is 1.95. The highest BCUT2D eigenvalue weighted by molar-refractivity contribution is 6.08. The molecule has 0 bridgehead atoms. The quantitative estimate of drug-likeness (QED) is 0.811. The number of carbonyl (C=O) groups excluding carboxylic acids is 1. The van der Waals surface area contributed by atoms with Crippen LogP contribution in [0.5, 0.6) is 0 Å². The van der Waals surface area contributed by atoms with Crippen LogP contribution in [0, 0.1) is 0 Å². The molecule has 0 radical (unpaired) electrons. The van der Waals surface area contributed by atoms with Gasteiger partial charge in [0.25, 0.3) is 0 Å². The molecule has 1 atom stereocenters. The Morgan fingerprint density at radius 3 is 2.78 bits per heavy atom. The molecule has 3 heteroatoms. The van der Waals surface area contributed by atoms with Crippen molar-refractivity contribution >= 4 is 5.78 Å². The van der Waals surface area contributed by atoms with Gasteiger partial charge in [-0.3, -0.25) is 9.78 Å². The van der Waals surface area contributed by atoms with Crippen molar-refractivity contribution in [2.24, 2.45) is 5.73 Å². The van der Waals surface area contributed by atoms with Crippen LogP contribution in [0.4, 0.5) is 0 Å². The van der Waals surface area contributed by atoms with E-state index >= 15 is 0 Å². The molecule has 1 aromatic heterocycles. The third kappa shape index (κ3) is 1.93. The van der Waals surface area contributed by atoms with Gasteiger partial charge < -0.3 is 5.73 Å². The fraction of sp³-hybridized carbons (Fsp3) is 0.200. The molecule has 0 fully saturated rings. The molecule has 3 rings (SSSR count). The fourth-order valence-corrected chi connectivity index (χ4v) is 2.46. The summed E-state index contributed by atoms with van der Waals surface area (Å²) in [6, 6.07) is 9.63. The first-order valence-electron chi connectivity index (χ1n) is 6.06. The van der Waals surface area contributed by atoms with Gasteiger partial charge in [0.05, 0.1) is 0 Å². The lowest BCUT2D eigenvalue weighted by Gasteiger charge is -2.04. The predicted molar refractivity (Wildman–Crippen MR) is 69.5 cm³/mol. The number of nitrogens with two attached hydrogens (primary N) is 1. The van der Waals surface area contributed by atoms with Crippen LogP contribution in [0.3, 0.4) is 0 Å². The van der Waals surface area contributed by atoms with E-state index in [1.807, 2.05) is 18.2 Å². The Bertz CT molecular complexity index is 593. The molecule has 0 spiro atoms. The monoisotopic (exact) mass is 238 g/mol. The van der Waals surface area contributed by atoms with Crippen LogP contribution in [-0.4, -0.2) is 16.8 Å². The summed E-state index contributed by atoms with van der Waals surface area (Å²) >= 11 is 0. The molecule has 1 aliphatic rings. The second kappa shape index (κ2) is 4.35. The standard InChI is InChI=1S/C15H14N2O/c16-14-7-10-3-4-11(6-13(10)8-14)15(18)12-2-1-5-17-9-12/h1-6,9,14H,7-8,16H2. The first-order chi connectivity index (χ1) is 8.74. The molecule has 0 amide bonds. The molecule has 2 N–H and O–H groups in total. The van der Waals surface area contributed by atoms with Gasteiger partial charge >= 0.3 is 0 Å². The average molecular weight is 238 g/mol. The highest BCUT2D eigenvalue weighted by Gasteiger charge is 2.19. The number of benzene rings is 1. The van der Waals surface area contributed by atoms with Gasteiger partial charge in [-0.05, 0) is 42.2 Å². The minimum Gasteiger partial charge on any atom is -0.327 e. The van der Waals surface area contributed by atoms with Crippen molar-refractivity contribution in [2.45, 2.75) is 18.9 Å². The maximum absolute atomic E-state index is 12.3. The number of pyridine rings is 1. The summed E-state index contributed by atoms with van der Waals surface area (Å²) in [4.78, 5) is 16.2. The number of hydrogen-bond donors (Lipinski definition) is 1. The lowest BCUT2D eigenvalue weighted by molar-refractivity contribution is 0.103. The first kappa shape index (κ1) is 11.1. The topological polar surface area (TPSA) is 56.0 Å². The van der Waals surface area contributed by atoms with Crippen molar-refractivity contribution in [3.63, 3.8) is 0 Å². The number of aromatic nitrogens is 1. The van der Waals surface area contributed by atoms with Gasteiger partial charge in [0.15, 0.2) is 5.78 Å². The van der Waals surface area contributed by atoms with Crippen LogP contribution in [0.2, 0.25) is 0 Å². The molecule has 1 heterocycles. The predicted octanol–water partition coefficient (Wildman–Crippen LogP) is 1.74. The normalized spacial score (nSPS) is 17.5. The Morgan fingerprint density at radius 2 is 2.00 bits per heavy atom. The highest BCUT2D eigenvalue weighted by Crippen LogP contribution is 2.23. The SMILES string of the molecule is NC1Cc2ccc(C(=O)c3cccnc3)cc2C1. The number of hydrogen-bond acceptors (Lipinski definition) is 3. The van der Waals surface area contributed by atoms with Gasteiger partial charge in [0.2, 0.25) is 0 Å². The summed E-state index contributed by atoms with van der Waals surface area (Å²) in [5, 5.41) is 0. The van der Waals surface area contributed by atoms with Gasteiger partial charge in [-0.15, -0.1) is 0 Å². The average Bonchev–Trinajstić information content (AvgIpc) is 2.78. The van der Waals surface area contributed by atoms with Gasteiger partial charge in [-0.25, -0.2) is 0 Å². The summed E-state index contributed by atoms with van der Waals surface area (Å²) < 4.78 is 0. The number of fused-ring (bicyclic) bond motifs is 1. The lowest BCUT2D eigenvalue weighted by atomic mass is 10.0. The molecular formula is C15H14N2O. The minimum atomic E-state index is 0.0198. The van der Waals surface area contributed by atoms with Gasteiger partial charge in [-0.2, -0.15) is 0 Å². The van der Waals surface area contributed by atoms with E-state index in [0.29, 0.717) is 5.56 Å². The van der Waals surface area contributed by atoms with E-state index in [9.17, 15) is 4.79 Å². The first-order valence-corrected chi connectivity index (χ1v) is 6.06. The number of nitrogens with zero attached hydrogens (tertiary/aromatic N) is 1. The molecule has 90 valence electrons. The third-order valence-corrected chi connectivity index (χ3v) is 3.36. The van der Waals surface area contributed by atoms with Crippen LogP contribution < -0.4 is 5.73 Å². The maximum Gasteiger partial charge on any atom is 0.194 e. The van der Waals surface area contributed by atoms with Crippen LogP contribution in [0.1, 0.15) is 27.0 Å². The van der Waals surface area contributed by atoms with Crippen molar-refractivity contribution in [1.82, 2.24) is 4.98 Å². The van der Waals surface area contributed by atoms with Crippen LogP contribution in [-0.2, 0) is 12.8 Å². The molecule has 18 heavy (non-hydrogen) atoms. The van der Waals surface area contributed by atoms with E-state index in [1.165, 1.54) is 11.1 Å². The maximum atomic E-state index is 12.3. The minimum absolute atomic E-state index is 0.0198. The molecule has 3 nitrogen and oxygen atoms in total. The zero-order chi connectivity index (χ0) is 12.5. The van der Waals surface area contributed by atoms with Crippen molar-refractivity contribution in [3.8, 4) is 0 Å². The highest BCUT2D eigenvalue weighted by atomic mass is 16.1. The summed E-state index contributed by atoms with van der Waals surface area (Å²) in [5.74, 6) is 0.0198. The Kier molecular flexibility index (Phi) is 2.68. The smallest absolute Gasteiger partial charge is 0.194 e. The largest absolute Gasteiger partial charge is 0.327 e. The van der Waals surface area contributed by atoms with Crippen LogP contribution in [0.15, 0.2) is 42.7 Å². The van der Waals surface area contributed by atoms with E-state index in [4.69, 9.17) is 5.73 Å². The number of carbonyl (C=O) groups is 1. The molecular weight excluding hydrogens is 224 g/mol. The number of ketones is 1. The fourth-order valence-electron chi connectivity index (χ4n) is 2.46. The lowest BCUT2D eigenvalue weighted by Crippen LogP contribution is -2.19. The molecule has 1 unspecified atom stereocenters. The molecule has 0 saturated heterocycles. The Labute approximate surface area is 106 Å². The van der Waals surface area contributed by atoms with E-state index in [2.05, 4.69) is 4.98 Å². The molecule has 2 aromatic rings. The second-order valence-corrected chi connectivity index (χ2v) is 4.72. The summed E-state index contributed by atoms with van der Waals surface area (Å²) in [7, 11) is 0. The van der Waals surface area contributed by atoms with Crippen molar-refractivity contribution < 1.29 is 4.79 Å². The van der Waals surface area contributed by atoms with Crippen molar-refractivity contribution in [2.75, 3.05) is 0 Å². The van der Waals surface area contributed by atoms with Gasteiger partial charge in [-0.1, -0.05) is 12.1 Å². The molecule has 0 saturated carbocycles. The number of rotatable bonds is 2. The van der Waals surface area contributed by atoms with E-state index in [0.717, 1.165) is 18.4 Å². The van der Waals surface area contributed by atoms with Crippen LogP contribution >= 0.6 is 0 Å². The summed E-state index contributed by atoms with van der Waals surface area (Å²) in [6.07, 6.45) is 5.04. The molecule has 0 aliphatic heterocycles. The van der Waals surface area contributed by atoms with Crippen LogP contribution in [0.25, 0.3) is 0 Å². The second-order valence-electron chi connectivity index (χ2n) is 4.72. The van der Waals surface area contributed by atoms with E-state index in [-0.39, 0.29) is 11.8 Å². The van der Waals surface area contributed by atoms with E-state index in [1.54, 1.807) is 24.5 Å². The zero-order valence-corrected chi connectivity index (χ0v) is 9.97. The Morgan fingerprint density at radius 1 is 1.17 bits per heavy atom. The van der Waals surface area contributed by atoms with Gasteiger partial charge in [0, 0.05) is 29.6 Å². The summed E-state index contributed by atoms with van der Waals surface area (Å²) in [5.41, 5.74) is 9.75. The third-order valence-electron chi connectivity index (χ3n) is 3.36. The molecule has 1 aromatic carbocycles. The van der Waals surface area contributed by atoms with Crippen molar-refractivity contribution in [3.05, 3.63) is 65.0 Å². The summed E-state index contributed by atoms with van der Waals surface area (Å²) in [6.45, 7) is 0. The van der Waals surface area contributed by atoms with Crippen molar-refractivity contribution in [1.29, 1.82) is 0 Å². The van der Waals surface area contributed by atoms with Gasteiger partial charge in [0.1, 0.15) is 0 Å². The van der Waals surface area contributed by atoms with E-state index < -0.39 is 0 Å². The Hall–Kier alpha value is -2.00.